The third-order valence-corrected chi connectivity index (χ3v) is 3.73. The van der Waals surface area contributed by atoms with E-state index < -0.39 is 10.8 Å². The lowest BCUT2D eigenvalue weighted by atomic mass is 10.1. The molecule has 2 aromatic carbocycles. The number of amides is 1. The number of hydrogen-bond acceptors (Lipinski definition) is 6. The summed E-state index contributed by atoms with van der Waals surface area (Å²) in [4.78, 5) is 23.0. The monoisotopic (exact) mass is 343 g/mol. The van der Waals surface area contributed by atoms with Gasteiger partial charge in [-0.1, -0.05) is 0 Å². The molecule has 8 heteroatoms. The van der Waals surface area contributed by atoms with Crippen molar-refractivity contribution < 1.29 is 19.2 Å². The molecule has 2 aromatic rings. The third-order valence-electron chi connectivity index (χ3n) is 3.73. The molecule has 0 fully saturated rings. The summed E-state index contributed by atoms with van der Waals surface area (Å²) in [6.07, 6.45) is 0.790. The Hall–Kier alpha value is -3.29. The molecule has 25 heavy (non-hydrogen) atoms. The van der Waals surface area contributed by atoms with Crippen LogP contribution >= 0.6 is 0 Å². The topological polar surface area (TPSA) is 103 Å². The summed E-state index contributed by atoms with van der Waals surface area (Å²) >= 11 is 0. The van der Waals surface area contributed by atoms with E-state index in [1.165, 1.54) is 18.2 Å². The Morgan fingerprint density at radius 3 is 2.60 bits per heavy atom. The highest BCUT2D eigenvalue weighted by Crippen LogP contribution is 2.32. The number of rotatable bonds is 4. The minimum Gasteiger partial charge on any atom is -0.490 e. The standard InChI is InChI=1S/C17H17N3O5/c1-18-13-5-3-11(9-14(13)20(22)23)17(21)19-12-4-6-15-16(10-12)25-8-2-7-24-15/h3-6,9-10,18H,2,7-8H2,1H3,(H,19,21). The molecule has 130 valence electrons. The molecule has 0 atom stereocenters. The molecule has 0 saturated heterocycles. The van der Waals surface area contributed by atoms with E-state index in [1.54, 1.807) is 25.2 Å². The van der Waals surface area contributed by atoms with E-state index in [0.717, 1.165) is 6.42 Å². The molecule has 0 bridgehead atoms. The Labute approximate surface area is 143 Å². The molecule has 1 amide bonds. The summed E-state index contributed by atoms with van der Waals surface area (Å²) < 4.78 is 11.1. The van der Waals surface area contributed by atoms with Crippen molar-refractivity contribution in [3.05, 3.63) is 52.1 Å². The van der Waals surface area contributed by atoms with E-state index in [0.29, 0.717) is 36.1 Å². The van der Waals surface area contributed by atoms with E-state index in [4.69, 9.17) is 9.47 Å². The number of nitro benzene ring substituents is 1. The first-order chi connectivity index (χ1) is 12.1. The first kappa shape index (κ1) is 16.6. The van der Waals surface area contributed by atoms with E-state index in [1.807, 2.05) is 0 Å². The van der Waals surface area contributed by atoms with Crippen LogP contribution in [0.2, 0.25) is 0 Å². The molecule has 0 saturated carbocycles. The van der Waals surface area contributed by atoms with Crippen molar-refractivity contribution >= 4 is 23.0 Å². The molecule has 0 spiro atoms. The molecule has 1 heterocycles. The van der Waals surface area contributed by atoms with Crippen LogP contribution in [0, 0.1) is 10.1 Å². The Balaban J connectivity index is 1.82. The number of nitrogens with one attached hydrogen (secondary N) is 2. The maximum absolute atomic E-state index is 12.4. The van der Waals surface area contributed by atoms with Gasteiger partial charge in [-0.15, -0.1) is 0 Å². The minimum atomic E-state index is -0.532. The van der Waals surface area contributed by atoms with Gasteiger partial charge >= 0.3 is 0 Å². The fraction of sp³-hybridized carbons (Fsp3) is 0.235. The predicted octanol–water partition coefficient (Wildman–Crippen LogP) is 3.05. The molecule has 0 aromatic heterocycles. The SMILES string of the molecule is CNc1ccc(C(=O)Nc2ccc3c(c2)OCCCO3)cc1[N+](=O)[O-]. The van der Waals surface area contributed by atoms with E-state index in [9.17, 15) is 14.9 Å². The Morgan fingerprint density at radius 2 is 1.88 bits per heavy atom. The van der Waals surface area contributed by atoms with Crippen LogP contribution in [0.5, 0.6) is 11.5 Å². The summed E-state index contributed by atoms with van der Waals surface area (Å²) in [5.41, 5.74) is 0.901. The largest absolute Gasteiger partial charge is 0.490 e. The maximum Gasteiger partial charge on any atom is 0.293 e. The number of nitro groups is 1. The number of fused-ring (bicyclic) bond motifs is 1. The smallest absolute Gasteiger partial charge is 0.293 e. The lowest BCUT2D eigenvalue weighted by molar-refractivity contribution is -0.384. The van der Waals surface area contributed by atoms with Gasteiger partial charge in [-0.2, -0.15) is 0 Å². The van der Waals surface area contributed by atoms with Crippen molar-refractivity contribution in [1.29, 1.82) is 0 Å². The summed E-state index contributed by atoms with van der Waals surface area (Å²) in [6.45, 7) is 1.13. The number of ether oxygens (including phenoxy) is 2. The van der Waals surface area contributed by atoms with Gasteiger partial charge in [0.25, 0.3) is 11.6 Å². The highest BCUT2D eigenvalue weighted by molar-refractivity contribution is 6.05. The highest BCUT2D eigenvalue weighted by Gasteiger charge is 2.18. The van der Waals surface area contributed by atoms with Crippen molar-refractivity contribution in [1.82, 2.24) is 0 Å². The summed E-state index contributed by atoms with van der Waals surface area (Å²) in [5.74, 6) is 0.747. The second-order valence-electron chi connectivity index (χ2n) is 5.41. The van der Waals surface area contributed by atoms with Crippen LogP contribution in [0.1, 0.15) is 16.8 Å². The van der Waals surface area contributed by atoms with Gasteiger partial charge in [0.2, 0.25) is 0 Å². The predicted molar refractivity (Wildman–Crippen MR) is 92.6 cm³/mol. The van der Waals surface area contributed by atoms with E-state index in [-0.39, 0.29) is 11.3 Å². The summed E-state index contributed by atoms with van der Waals surface area (Å²) in [7, 11) is 1.58. The number of anilines is 2. The van der Waals surface area contributed by atoms with Gasteiger partial charge in [0.1, 0.15) is 5.69 Å². The Morgan fingerprint density at radius 1 is 1.12 bits per heavy atom. The number of carbonyl (C=O) groups is 1. The Bertz CT molecular complexity index is 822. The molecule has 0 radical (unpaired) electrons. The maximum atomic E-state index is 12.4. The van der Waals surface area contributed by atoms with E-state index in [2.05, 4.69) is 10.6 Å². The first-order valence-corrected chi connectivity index (χ1v) is 7.75. The van der Waals surface area contributed by atoms with Crippen LogP contribution in [-0.2, 0) is 0 Å². The zero-order chi connectivity index (χ0) is 17.8. The fourth-order valence-electron chi connectivity index (χ4n) is 2.48. The number of carbonyl (C=O) groups excluding carboxylic acids is 1. The average molecular weight is 343 g/mol. The molecular formula is C17H17N3O5. The molecule has 1 aliphatic rings. The minimum absolute atomic E-state index is 0.159. The van der Waals surface area contributed by atoms with Crippen molar-refractivity contribution in [2.75, 3.05) is 30.9 Å². The van der Waals surface area contributed by atoms with Gasteiger partial charge in [-0.3, -0.25) is 14.9 Å². The van der Waals surface area contributed by atoms with Crippen molar-refractivity contribution in [3.8, 4) is 11.5 Å². The quantitative estimate of drug-likeness (QED) is 0.653. The van der Waals surface area contributed by atoms with E-state index >= 15 is 0 Å². The third kappa shape index (κ3) is 3.63. The zero-order valence-electron chi connectivity index (χ0n) is 13.6. The molecule has 1 aliphatic heterocycles. The van der Waals surface area contributed by atoms with Crippen molar-refractivity contribution in [3.63, 3.8) is 0 Å². The van der Waals surface area contributed by atoms with Gasteiger partial charge in [0, 0.05) is 36.9 Å². The lowest BCUT2D eigenvalue weighted by Crippen LogP contribution is -2.12. The van der Waals surface area contributed by atoms with Crippen molar-refractivity contribution in [2.45, 2.75) is 6.42 Å². The van der Waals surface area contributed by atoms with Crippen LogP contribution < -0.4 is 20.1 Å². The lowest BCUT2D eigenvalue weighted by Gasteiger charge is -2.11. The van der Waals surface area contributed by atoms with Crippen LogP contribution in [0.25, 0.3) is 0 Å². The van der Waals surface area contributed by atoms with Crippen LogP contribution in [-0.4, -0.2) is 31.1 Å². The van der Waals surface area contributed by atoms with Gasteiger partial charge in [-0.05, 0) is 24.3 Å². The molecule has 3 rings (SSSR count). The number of hydrogen-bond donors (Lipinski definition) is 2. The van der Waals surface area contributed by atoms with Crippen molar-refractivity contribution in [2.24, 2.45) is 0 Å². The molecule has 8 nitrogen and oxygen atoms in total. The van der Waals surface area contributed by atoms with Gasteiger partial charge in [-0.25, -0.2) is 0 Å². The van der Waals surface area contributed by atoms with Crippen LogP contribution in [0.3, 0.4) is 0 Å². The number of benzene rings is 2. The summed E-state index contributed by atoms with van der Waals surface area (Å²) in [5, 5.41) is 16.6. The second-order valence-corrected chi connectivity index (χ2v) is 5.41. The van der Waals surface area contributed by atoms with Gasteiger partial charge < -0.3 is 20.1 Å². The first-order valence-electron chi connectivity index (χ1n) is 7.75. The molecule has 2 N–H and O–H groups in total. The number of nitrogens with zero attached hydrogens (tertiary/aromatic N) is 1. The zero-order valence-corrected chi connectivity index (χ0v) is 13.6. The van der Waals surface area contributed by atoms with Gasteiger partial charge in [0.05, 0.1) is 18.1 Å². The average Bonchev–Trinajstić information content (AvgIpc) is 2.86. The second kappa shape index (κ2) is 7.08. The molecule has 0 aliphatic carbocycles. The van der Waals surface area contributed by atoms with Crippen LogP contribution in [0.15, 0.2) is 36.4 Å². The van der Waals surface area contributed by atoms with Crippen LogP contribution in [0.4, 0.5) is 17.1 Å². The normalized spacial score (nSPS) is 12.8. The highest BCUT2D eigenvalue weighted by atomic mass is 16.6. The fourth-order valence-corrected chi connectivity index (χ4v) is 2.48. The molecule has 0 unspecified atom stereocenters. The van der Waals surface area contributed by atoms with Gasteiger partial charge in [0.15, 0.2) is 11.5 Å². The molecular weight excluding hydrogens is 326 g/mol. The summed E-state index contributed by atoms with van der Waals surface area (Å²) in [6, 6.07) is 9.36. The Kier molecular flexibility index (Phi) is 4.69.